The molecule has 0 radical (unpaired) electrons. The molecular weight excluding hydrogens is 358 g/mol. The highest BCUT2D eigenvalue weighted by molar-refractivity contribution is 7.15. The van der Waals surface area contributed by atoms with Gasteiger partial charge in [0.25, 0.3) is 0 Å². The van der Waals surface area contributed by atoms with Crippen molar-refractivity contribution in [3.05, 3.63) is 40.7 Å². The summed E-state index contributed by atoms with van der Waals surface area (Å²) in [6.07, 6.45) is 7.10. The third-order valence-corrected chi connectivity index (χ3v) is 6.60. The van der Waals surface area contributed by atoms with Gasteiger partial charge in [-0.05, 0) is 37.0 Å². The fourth-order valence-corrected chi connectivity index (χ4v) is 5.11. The van der Waals surface area contributed by atoms with Crippen LogP contribution in [0.1, 0.15) is 42.8 Å². The maximum atomic E-state index is 12.7. The lowest BCUT2D eigenvalue weighted by molar-refractivity contribution is 0.143. The van der Waals surface area contributed by atoms with Crippen LogP contribution in [0.2, 0.25) is 0 Å². The molecule has 1 fully saturated rings. The molecule has 1 N–H and O–H groups in total. The van der Waals surface area contributed by atoms with Crippen molar-refractivity contribution in [2.45, 2.75) is 45.1 Å². The molecule has 0 bridgehead atoms. The number of rotatable bonds is 3. The number of urea groups is 1. The van der Waals surface area contributed by atoms with Gasteiger partial charge in [0.1, 0.15) is 0 Å². The summed E-state index contributed by atoms with van der Waals surface area (Å²) in [5, 5.41) is 3.79. The van der Waals surface area contributed by atoms with Gasteiger partial charge in [-0.25, -0.2) is 9.78 Å². The number of hydrogen-bond donors (Lipinski definition) is 1. The fraction of sp³-hybridized carbons (Fsp3) is 0.550. The summed E-state index contributed by atoms with van der Waals surface area (Å²) in [5.74, 6) is 0. The molecule has 0 aromatic carbocycles. The summed E-state index contributed by atoms with van der Waals surface area (Å²) in [7, 11) is 0. The molecule has 7 heteroatoms. The predicted octanol–water partition coefficient (Wildman–Crippen LogP) is 3.50. The number of pyridine rings is 1. The zero-order valence-electron chi connectivity index (χ0n) is 16.1. The molecule has 2 aliphatic rings. The van der Waals surface area contributed by atoms with Crippen molar-refractivity contribution in [3.63, 3.8) is 0 Å². The largest absolute Gasteiger partial charge is 0.323 e. The fourth-order valence-electron chi connectivity index (χ4n) is 3.94. The minimum atomic E-state index is -0.0255. The number of anilines is 1. The van der Waals surface area contributed by atoms with Crippen LogP contribution in [0.15, 0.2) is 24.5 Å². The van der Waals surface area contributed by atoms with Crippen molar-refractivity contribution < 1.29 is 4.79 Å². The number of thiazole rings is 1. The molecule has 1 aliphatic carbocycles. The number of carbonyl (C=O) groups excluding carboxylic acids is 1. The van der Waals surface area contributed by atoms with Gasteiger partial charge in [-0.1, -0.05) is 13.8 Å². The Morgan fingerprint density at radius 3 is 2.67 bits per heavy atom. The van der Waals surface area contributed by atoms with E-state index in [4.69, 9.17) is 4.98 Å². The van der Waals surface area contributed by atoms with Crippen LogP contribution in [0.4, 0.5) is 9.93 Å². The Bertz CT molecular complexity index is 796. The van der Waals surface area contributed by atoms with Gasteiger partial charge in [0.2, 0.25) is 0 Å². The number of aromatic nitrogens is 2. The Hall–Kier alpha value is -1.99. The maximum absolute atomic E-state index is 12.7. The van der Waals surface area contributed by atoms with E-state index in [2.05, 4.69) is 29.0 Å². The maximum Gasteiger partial charge on any atom is 0.323 e. The van der Waals surface area contributed by atoms with Crippen molar-refractivity contribution in [1.82, 2.24) is 19.8 Å². The molecule has 2 amide bonds. The topological polar surface area (TPSA) is 61.4 Å². The SMILES string of the molecule is CC1(C)CCCc2sc(NC(=O)N3CCN(Cc4ccncc4)CC3)nc21. The monoisotopic (exact) mass is 385 g/mol. The second-order valence-electron chi connectivity index (χ2n) is 8.08. The molecule has 27 heavy (non-hydrogen) atoms. The van der Waals surface area contributed by atoms with Gasteiger partial charge in [-0.15, -0.1) is 11.3 Å². The number of hydrogen-bond acceptors (Lipinski definition) is 5. The van der Waals surface area contributed by atoms with Crippen LogP contribution in [0, 0.1) is 0 Å². The number of amides is 2. The van der Waals surface area contributed by atoms with E-state index < -0.39 is 0 Å². The minimum Gasteiger partial charge on any atom is -0.322 e. The number of nitrogens with one attached hydrogen (secondary N) is 1. The van der Waals surface area contributed by atoms with Gasteiger partial charge in [-0.2, -0.15) is 0 Å². The predicted molar refractivity (Wildman–Crippen MR) is 108 cm³/mol. The lowest BCUT2D eigenvalue weighted by Crippen LogP contribution is -2.49. The second-order valence-corrected chi connectivity index (χ2v) is 9.16. The first-order chi connectivity index (χ1) is 13.0. The van der Waals surface area contributed by atoms with Gasteiger partial charge in [0.15, 0.2) is 5.13 Å². The third kappa shape index (κ3) is 4.14. The lowest BCUT2D eigenvalue weighted by Gasteiger charge is -2.34. The smallest absolute Gasteiger partial charge is 0.322 e. The van der Waals surface area contributed by atoms with E-state index >= 15 is 0 Å². The number of aryl methyl sites for hydroxylation is 1. The van der Waals surface area contributed by atoms with Crippen molar-refractivity contribution in [3.8, 4) is 0 Å². The molecule has 6 nitrogen and oxygen atoms in total. The Morgan fingerprint density at radius 1 is 1.22 bits per heavy atom. The quantitative estimate of drug-likeness (QED) is 0.878. The first-order valence-corrected chi connectivity index (χ1v) is 10.5. The van der Waals surface area contributed by atoms with Gasteiger partial charge in [0.05, 0.1) is 5.69 Å². The van der Waals surface area contributed by atoms with E-state index in [0.29, 0.717) is 0 Å². The second kappa shape index (κ2) is 7.56. The third-order valence-electron chi connectivity index (χ3n) is 5.57. The van der Waals surface area contributed by atoms with E-state index in [9.17, 15) is 4.79 Å². The van der Waals surface area contributed by atoms with Crippen molar-refractivity contribution in [2.24, 2.45) is 0 Å². The molecule has 144 valence electrons. The Morgan fingerprint density at radius 2 is 1.96 bits per heavy atom. The van der Waals surface area contributed by atoms with Crippen LogP contribution in [-0.4, -0.2) is 52.0 Å². The van der Waals surface area contributed by atoms with E-state index in [0.717, 1.165) is 50.7 Å². The van der Waals surface area contributed by atoms with Gasteiger partial charge < -0.3 is 4.90 Å². The average molecular weight is 386 g/mol. The highest BCUT2D eigenvalue weighted by atomic mass is 32.1. The Balaban J connectivity index is 1.32. The van der Waals surface area contributed by atoms with Crippen LogP contribution < -0.4 is 5.32 Å². The van der Waals surface area contributed by atoms with E-state index in [-0.39, 0.29) is 11.4 Å². The highest BCUT2D eigenvalue weighted by Gasteiger charge is 2.32. The van der Waals surface area contributed by atoms with E-state index in [1.807, 2.05) is 29.4 Å². The molecule has 4 rings (SSSR count). The molecule has 3 heterocycles. The molecule has 1 saturated heterocycles. The Kier molecular flexibility index (Phi) is 5.14. The molecule has 0 spiro atoms. The molecule has 0 unspecified atom stereocenters. The highest BCUT2D eigenvalue weighted by Crippen LogP contribution is 2.40. The van der Waals surface area contributed by atoms with Crippen LogP contribution in [0.25, 0.3) is 0 Å². The van der Waals surface area contributed by atoms with Crippen LogP contribution in [0.5, 0.6) is 0 Å². The summed E-state index contributed by atoms with van der Waals surface area (Å²) >= 11 is 1.65. The lowest BCUT2D eigenvalue weighted by atomic mass is 9.79. The summed E-state index contributed by atoms with van der Waals surface area (Å²) in [4.78, 5) is 27.1. The molecule has 1 aliphatic heterocycles. The van der Waals surface area contributed by atoms with E-state index in [1.54, 1.807) is 11.3 Å². The van der Waals surface area contributed by atoms with Gasteiger partial charge in [-0.3, -0.25) is 15.2 Å². The molecule has 2 aromatic rings. The summed E-state index contributed by atoms with van der Waals surface area (Å²) in [5.41, 5.74) is 2.56. The van der Waals surface area contributed by atoms with E-state index in [1.165, 1.54) is 22.6 Å². The zero-order chi connectivity index (χ0) is 18.9. The molecule has 0 atom stereocenters. The number of piperazine rings is 1. The molecule has 2 aromatic heterocycles. The standard InChI is InChI=1S/C20H27N5OS/c1-20(2)7-3-4-16-17(20)22-18(27-16)23-19(26)25-12-10-24(11-13-25)14-15-5-8-21-9-6-15/h5-6,8-9H,3-4,7,10-14H2,1-2H3,(H,22,23,26). The normalized spacial score (nSPS) is 19.6. The number of carbonyl (C=O) groups is 1. The molecular formula is C20H27N5OS. The first kappa shape index (κ1) is 18.4. The summed E-state index contributed by atoms with van der Waals surface area (Å²) in [6.45, 7) is 8.66. The van der Waals surface area contributed by atoms with Crippen LogP contribution >= 0.6 is 11.3 Å². The van der Waals surface area contributed by atoms with Crippen molar-refractivity contribution >= 4 is 22.5 Å². The molecule has 0 saturated carbocycles. The minimum absolute atomic E-state index is 0.0255. The van der Waals surface area contributed by atoms with Crippen LogP contribution in [-0.2, 0) is 18.4 Å². The Labute approximate surface area is 164 Å². The summed E-state index contributed by atoms with van der Waals surface area (Å²) < 4.78 is 0. The average Bonchev–Trinajstić information content (AvgIpc) is 3.07. The summed E-state index contributed by atoms with van der Waals surface area (Å²) in [6, 6.07) is 4.07. The number of fused-ring (bicyclic) bond motifs is 1. The van der Waals surface area contributed by atoms with Crippen molar-refractivity contribution in [2.75, 3.05) is 31.5 Å². The zero-order valence-corrected chi connectivity index (χ0v) is 16.9. The van der Waals surface area contributed by atoms with Crippen molar-refractivity contribution in [1.29, 1.82) is 0 Å². The van der Waals surface area contributed by atoms with Gasteiger partial charge >= 0.3 is 6.03 Å². The number of nitrogens with zero attached hydrogens (tertiary/aromatic N) is 4. The van der Waals surface area contributed by atoms with Gasteiger partial charge in [0, 0.05) is 55.4 Å². The first-order valence-electron chi connectivity index (χ1n) is 9.69. The van der Waals surface area contributed by atoms with Crippen LogP contribution in [0.3, 0.4) is 0 Å².